The number of benzene rings is 1. The van der Waals surface area contributed by atoms with Crippen LogP contribution >= 0.6 is 0 Å². The van der Waals surface area contributed by atoms with Crippen LogP contribution in [0, 0.1) is 14.0 Å². The fourth-order valence-corrected chi connectivity index (χ4v) is 8.89. The molecule has 2 saturated heterocycles. The van der Waals surface area contributed by atoms with Gasteiger partial charge in [-0.2, -0.15) is 4.98 Å². The van der Waals surface area contributed by atoms with E-state index in [-0.39, 0.29) is 49.9 Å². The van der Waals surface area contributed by atoms with Gasteiger partial charge in [0.2, 0.25) is 18.3 Å². The molecule has 61 heavy (non-hydrogen) atoms. The van der Waals surface area contributed by atoms with E-state index in [1.165, 1.54) is 11.8 Å². The number of aromatic nitrogens is 4. The first-order valence-corrected chi connectivity index (χ1v) is 20.9. The average Bonchev–Trinajstić information content (AvgIpc) is 3.90. The number of nitrogens with one attached hydrogen (secondary N) is 2. The Bertz CT molecular complexity index is 2300. The van der Waals surface area contributed by atoms with Gasteiger partial charge in [0.15, 0.2) is 5.78 Å². The third-order valence-electron chi connectivity index (χ3n) is 12.3. The van der Waals surface area contributed by atoms with Gasteiger partial charge in [0.05, 0.1) is 23.0 Å². The van der Waals surface area contributed by atoms with Crippen LogP contribution in [0.4, 0.5) is 17.5 Å². The minimum Gasteiger partial charge on any atom is -0.659 e. The SMILES string of the molecule is CC(=O)c1c(C)c2cnc(Nc3ccc(N4CC[N-]CC4)cn3)nc2n(C2CCCC2)c1=O.[CH2-]N1CCC(O)(c2ccc3c(c2)CN(C(CCC)C(=O)NC=O)C3=O)CC1.[W+2]. The molecule has 322 valence electrons. The van der Waals surface area contributed by atoms with E-state index < -0.39 is 17.6 Å². The Morgan fingerprint density at radius 3 is 2.41 bits per heavy atom. The number of Topliss-reactive ketones (excluding diaryl/α,β-unsaturated/α-hetero) is 1. The van der Waals surface area contributed by atoms with Crippen molar-refractivity contribution in [1.82, 2.24) is 34.6 Å². The van der Waals surface area contributed by atoms with Gasteiger partial charge in [-0.1, -0.05) is 38.3 Å². The van der Waals surface area contributed by atoms with Crippen molar-refractivity contribution in [3.63, 3.8) is 0 Å². The van der Waals surface area contributed by atoms with Gasteiger partial charge >= 0.3 is 21.1 Å². The number of imide groups is 1. The number of ketones is 1. The van der Waals surface area contributed by atoms with E-state index in [4.69, 9.17) is 4.98 Å². The van der Waals surface area contributed by atoms with E-state index in [0.29, 0.717) is 80.3 Å². The zero-order valence-electron chi connectivity index (χ0n) is 35.1. The Balaban J connectivity index is 0.000000205. The van der Waals surface area contributed by atoms with Gasteiger partial charge < -0.3 is 30.4 Å². The largest absolute Gasteiger partial charge is 2.00 e. The fourth-order valence-electron chi connectivity index (χ4n) is 8.89. The Labute approximate surface area is 370 Å². The van der Waals surface area contributed by atoms with E-state index in [1.807, 2.05) is 36.2 Å². The first kappa shape index (κ1) is 45.6. The second-order valence-electron chi connectivity index (χ2n) is 16.2. The molecular weight excluding hydrogens is 948 g/mol. The summed E-state index contributed by atoms with van der Waals surface area (Å²) >= 11 is 0. The van der Waals surface area contributed by atoms with Crippen molar-refractivity contribution in [2.45, 2.75) is 96.4 Å². The molecule has 1 unspecified atom stereocenters. The molecule has 1 aromatic carbocycles. The third-order valence-corrected chi connectivity index (χ3v) is 12.3. The van der Waals surface area contributed by atoms with Crippen molar-refractivity contribution in [2.24, 2.45) is 0 Å². The molecule has 1 saturated carbocycles. The van der Waals surface area contributed by atoms with Crippen LogP contribution in [0.3, 0.4) is 0 Å². The number of hydrogen-bond donors (Lipinski definition) is 3. The third kappa shape index (κ3) is 9.77. The van der Waals surface area contributed by atoms with E-state index in [0.717, 1.165) is 74.1 Å². The number of aliphatic hydroxyl groups is 1. The molecule has 6 heterocycles. The molecule has 4 aliphatic rings. The number of pyridine rings is 2. The van der Waals surface area contributed by atoms with E-state index in [2.05, 4.69) is 37.9 Å². The van der Waals surface area contributed by atoms with Crippen molar-refractivity contribution in [3.05, 3.63) is 93.3 Å². The van der Waals surface area contributed by atoms with Gasteiger partial charge in [0, 0.05) is 29.7 Å². The van der Waals surface area contributed by atoms with Crippen molar-refractivity contribution < 1.29 is 45.3 Å². The van der Waals surface area contributed by atoms with Crippen LogP contribution in [0.1, 0.15) is 109 Å². The maximum Gasteiger partial charge on any atom is 2.00 e. The summed E-state index contributed by atoms with van der Waals surface area (Å²) in [5, 5.41) is 21.5. The number of rotatable bonds is 11. The summed E-state index contributed by atoms with van der Waals surface area (Å²) in [6.07, 6.45) is 10.2. The van der Waals surface area contributed by atoms with E-state index in [9.17, 15) is 29.1 Å². The van der Waals surface area contributed by atoms with Gasteiger partial charge in [-0.3, -0.25) is 40.9 Å². The average molecular weight is 1000 g/mol. The van der Waals surface area contributed by atoms with Crippen LogP contribution in [-0.2, 0) is 42.8 Å². The van der Waals surface area contributed by atoms with Gasteiger partial charge in [-0.05, 0) is 107 Å². The van der Waals surface area contributed by atoms with Crippen molar-refractivity contribution in [1.29, 1.82) is 0 Å². The number of carbonyl (C=O) groups excluding carboxylic acids is 4. The first-order valence-electron chi connectivity index (χ1n) is 20.9. The molecule has 0 bridgehead atoms. The number of aryl methyl sites for hydroxylation is 1. The number of likely N-dealkylation sites (tertiary alicyclic amines) is 1. The summed E-state index contributed by atoms with van der Waals surface area (Å²) in [4.78, 5) is 80.7. The van der Waals surface area contributed by atoms with Crippen LogP contribution in [-0.4, -0.2) is 104 Å². The standard InChI is InChI=1S/C24H28N7O2.C20H26N3O4.W/c1-15-19-14-27-24(28-20-8-7-18(13-26-20)30-11-9-25-10-12-30)29-22(19)31(17-5-3-4-6-17)23(33)21(15)16(2)32;1-3-4-17(18(25)21-13-24)23-12-14-11-15(5-6-16(14)19(23)26)20(27)7-9-22(2)10-8-20;/h7-8,13-14,17H,3-6,9-12H2,1-2H3,(H,26,27,28,29);5-6,11,13,17,27H,2-4,7-10,12H2,1H3,(H,21,24,25);/q2*-1;+2. The molecule has 1 aliphatic carbocycles. The molecule has 3 fully saturated rings. The summed E-state index contributed by atoms with van der Waals surface area (Å²) in [6, 6.07) is 8.73. The second-order valence-corrected chi connectivity index (χ2v) is 16.2. The molecule has 3 aliphatic heterocycles. The number of carbonyl (C=O) groups is 4. The second kappa shape index (κ2) is 19.9. The smallest absolute Gasteiger partial charge is 0.659 e. The number of nitrogens with zero attached hydrogens (tertiary/aromatic N) is 8. The number of hydrogen-bond acceptors (Lipinski definition) is 12. The maximum absolute atomic E-state index is 13.3. The molecule has 3 aromatic heterocycles. The van der Waals surface area contributed by atoms with E-state index >= 15 is 0 Å². The molecule has 3 N–H and O–H groups in total. The molecule has 8 rings (SSSR count). The molecule has 17 heteroatoms. The molecule has 3 amide bonds. The van der Waals surface area contributed by atoms with Crippen molar-refractivity contribution >= 4 is 52.5 Å². The van der Waals surface area contributed by atoms with E-state index in [1.54, 1.807) is 29.8 Å². The molecule has 4 aromatic rings. The van der Waals surface area contributed by atoms with Gasteiger partial charge in [-0.25, -0.2) is 9.97 Å². The van der Waals surface area contributed by atoms with Crippen LogP contribution in [0.5, 0.6) is 0 Å². The number of amides is 3. The topological polar surface area (TPSA) is 197 Å². The summed E-state index contributed by atoms with van der Waals surface area (Å²) < 4.78 is 1.72. The van der Waals surface area contributed by atoms with Crippen LogP contribution < -0.4 is 21.1 Å². The monoisotopic (exact) mass is 1000 g/mol. The van der Waals surface area contributed by atoms with Crippen LogP contribution in [0.2, 0.25) is 0 Å². The quantitative estimate of drug-likeness (QED) is 0.105. The fraction of sp³-hybridized carbons (Fsp3) is 0.477. The Morgan fingerprint density at radius 2 is 1.77 bits per heavy atom. The summed E-state index contributed by atoms with van der Waals surface area (Å²) in [6.45, 7) is 10.4. The molecule has 1 atom stereocenters. The summed E-state index contributed by atoms with van der Waals surface area (Å²) in [7, 11) is 3.91. The van der Waals surface area contributed by atoms with Crippen molar-refractivity contribution in [3.8, 4) is 0 Å². The number of fused-ring (bicyclic) bond motifs is 2. The summed E-state index contributed by atoms with van der Waals surface area (Å²) in [5.74, 6) is 0.109. The molecule has 0 radical (unpaired) electrons. The summed E-state index contributed by atoms with van der Waals surface area (Å²) in [5.41, 5.74) is 3.50. The first-order chi connectivity index (χ1) is 28.9. The molecule has 16 nitrogen and oxygen atoms in total. The predicted octanol–water partition coefficient (Wildman–Crippen LogP) is 4.91. The van der Waals surface area contributed by atoms with Gasteiger partial charge in [0.1, 0.15) is 17.5 Å². The molecule has 0 spiro atoms. The number of anilines is 3. The number of piperazine rings is 1. The minimum absolute atomic E-state index is 0. The normalized spacial score (nSPS) is 18.1. The predicted molar refractivity (Wildman–Crippen MR) is 228 cm³/mol. The Kier molecular flexibility index (Phi) is 14.9. The zero-order chi connectivity index (χ0) is 42.6. The van der Waals surface area contributed by atoms with Crippen molar-refractivity contribution in [2.75, 3.05) is 49.5 Å². The minimum atomic E-state index is -0.919. The van der Waals surface area contributed by atoms with Gasteiger partial charge in [0.25, 0.3) is 11.5 Å². The maximum atomic E-state index is 13.3. The van der Waals surface area contributed by atoms with Crippen LogP contribution in [0.15, 0.2) is 47.5 Å². The van der Waals surface area contributed by atoms with Crippen LogP contribution in [0.25, 0.3) is 16.4 Å². The Hall–Kier alpha value is -4.89. The van der Waals surface area contributed by atoms with Gasteiger partial charge in [-0.15, -0.1) is 13.1 Å². The zero-order valence-corrected chi connectivity index (χ0v) is 38.0. The Morgan fingerprint density at radius 1 is 1.05 bits per heavy atom. The molecular formula is C44H54N10O6W. The number of piperidine rings is 1.